The predicted molar refractivity (Wildman–Crippen MR) is 129 cm³/mol. The molecule has 0 unspecified atom stereocenters. The van der Waals surface area contributed by atoms with Crippen LogP contribution in [-0.4, -0.2) is 40.4 Å². The van der Waals surface area contributed by atoms with Gasteiger partial charge in [-0.25, -0.2) is 4.39 Å². The van der Waals surface area contributed by atoms with Crippen LogP contribution in [0.1, 0.15) is 15.9 Å². The van der Waals surface area contributed by atoms with E-state index in [0.717, 1.165) is 16.9 Å². The topological polar surface area (TPSA) is 95.5 Å². The zero-order valence-corrected chi connectivity index (χ0v) is 19.7. The summed E-state index contributed by atoms with van der Waals surface area (Å²) >= 11 is 6.97. The lowest BCUT2D eigenvalue weighted by molar-refractivity contribution is -0.0795. The molecule has 2 aromatic carbocycles. The van der Waals surface area contributed by atoms with Gasteiger partial charge in [-0.05, 0) is 47.2 Å². The summed E-state index contributed by atoms with van der Waals surface area (Å²) in [6.45, 7) is 1.13. The van der Waals surface area contributed by atoms with Crippen molar-refractivity contribution in [2.75, 3.05) is 18.5 Å². The lowest BCUT2D eigenvalue weighted by Gasteiger charge is -2.28. The fourth-order valence-corrected chi connectivity index (χ4v) is 4.04. The molecule has 1 fully saturated rings. The molecule has 35 heavy (non-hydrogen) atoms. The molecular weight excluding hydrogens is 495 g/mol. The highest BCUT2D eigenvalue weighted by Crippen LogP contribution is 2.36. The van der Waals surface area contributed by atoms with Crippen LogP contribution in [0.25, 0.3) is 11.1 Å². The monoisotopic (exact) mass is 512 g/mol. The van der Waals surface area contributed by atoms with Crippen molar-refractivity contribution in [3.05, 3.63) is 82.9 Å². The first-order valence-corrected chi connectivity index (χ1v) is 11.8. The van der Waals surface area contributed by atoms with Crippen molar-refractivity contribution < 1.29 is 23.4 Å². The minimum absolute atomic E-state index is 0.155. The first-order chi connectivity index (χ1) is 17.1. The van der Waals surface area contributed by atoms with Gasteiger partial charge in [0, 0.05) is 23.0 Å². The van der Waals surface area contributed by atoms with Gasteiger partial charge >= 0.3 is 0 Å². The summed E-state index contributed by atoms with van der Waals surface area (Å²) < 4.78 is 31.6. The molecule has 5 rings (SSSR count). The second-order valence-electron chi connectivity index (χ2n) is 7.55. The Morgan fingerprint density at radius 2 is 2.00 bits per heavy atom. The summed E-state index contributed by atoms with van der Waals surface area (Å²) in [5.74, 6) is -0.711. The molecule has 0 spiro atoms. The van der Waals surface area contributed by atoms with Crippen LogP contribution in [0.3, 0.4) is 0 Å². The molecule has 1 aliphatic rings. The third-order valence-electron chi connectivity index (χ3n) is 5.11. The van der Waals surface area contributed by atoms with Gasteiger partial charge in [-0.3, -0.25) is 15.1 Å². The number of aromatic nitrogens is 3. The van der Waals surface area contributed by atoms with E-state index >= 15 is 0 Å². The van der Waals surface area contributed by atoms with E-state index in [-0.39, 0.29) is 34.2 Å². The molecule has 0 atom stereocenters. The molecule has 4 aromatic rings. The minimum Gasteiger partial charge on any atom is -0.485 e. The van der Waals surface area contributed by atoms with Gasteiger partial charge in [-0.2, -0.15) is 0 Å². The van der Waals surface area contributed by atoms with Crippen molar-refractivity contribution >= 4 is 34.0 Å². The van der Waals surface area contributed by atoms with Gasteiger partial charge in [0.25, 0.3) is 11.1 Å². The molecule has 0 bridgehead atoms. The summed E-state index contributed by atoms with van der Waals surface area (Å²) in [7, 11) is 0. The van der Waals surface area contributed by atoms with Crippen molar-refractivity contribution in [2.45, 2.75) is 12.7 Å². The van der Waals surface area contributed by atoms with Crippen LogP contribution < -0.4 is 14.8 Å². The highest BCUT2D eigenvalue weighted by molar-refractivity contribution is 7.17. The number of halogens is 2. The van der Waals surface area contributed by atoms with Crippen LogP contribution in [0.15, 0.2) is 60.9 Å². The highest BCUT2D eigenvalue weighted by Gasteiger charge is 2.25. The van der Waals surface area contributed by atoms with Crippen LogP contribution >= 0.6 is 22.9 Å². The van der Waals surface area contributed by atoms with E-state index in [9.17, 15) is 9.18 Å². The molecule has 0 saturated carbocycles. The number of hydrogen-bond acceptors (Lipinski definition) is 8. The molecular formula is C24H18ClFN4O4S. The Bertz CT molecular complexity index is 1350. The molecule has 1 amide bonds. The van der Waals surface area contributed by atoms with Crippen molar-refractivity contribution in [1.82, 2.24) is 15.2 Å². The Hall–Kier alpha value is -3.60. The summed E-state index contributed by atoms with van der Waals surface area (Å²) in [5.41, 5.74) is 1.57. The van der Waals surface area contributed by atoms with Gasteiger partial charge in [-0.15, -0.1) is 5.10 Å². The van der Waals surface area contributed by atoms with Crippen molar-refractivity contribution in [3.63, 3.8) is 0 Å². The van der Waals surface area contributed by atoms with E-state index in [1.165, 1.54) is 24.5 Å². The summed E-state index contributed by atoms with van der Waals surface area (Å²) in [6, 6.07) is 13.2. The quantitative estimate of drug-likeness (QED) is 0.355. The van der Waals surface area contributed by atoms with Crippen molar-refractivity contribution in [3.8, 4) is 22.1 Å². The standard InChI is InChI=1S/C24H18ClFN4O4S/c25-15-6-4-14(5-7-15)11-33-24-30-29-23(35-24)28-22(31)17-8-9-27-10-18(17)21-19(26)2-1-3-20(21)34-16-12-32-13-16/h1-10,16H,11-13H2,(H,28,29,31). The number of carbonyl (C=O) groups is 1. The Labute approximate surface area is 208 Å². The Morgan fingerprint density at radius 3 is 2.77 bits per heavy atom. The number of nitrogens with one attached hydrogen (secondary N) is 1. The number of rotatable bonds is 8. The second-order valence-corrected chi connectivity index (χ2v) is 8.93. The molecule has 178 valence electrons. The Balaban J connectivity index is 1.33. The third-order valence-corrected chi connectivity index (χ3v) is 6.12. The number of pyridine rings is 1. The van der Waals surface area contributed by atoms with E-state index in [2.05, 4.69) is 20.5 Å². The Morgan fingerprint density at radius 1 is 1.17 bits per heavy atom. The number of amides is 1. The number of benzene rings is 2. The van der Waals surface area contributed by atoms with Crippen LogP contribution in [0.5, 0.6) is 10.9 Å². The van der Waals surface area contributed by atoms with Crippen LogP contribution in [-0.2, 0) is 11.3 Å². The maximum Gasteiger partial charge on any atom is 0.296 e. The molecule has 0 aliphatic carbocycles. The number of carbonyl (C=O) groups excluding carboxylic acids is 1. The molecule has 8 nitrogen and oxygen atoms in total. The van der Waals surface area contributed by atoms with E-state index in [4.69, 9.17) is 25.8 Å². The zero-order chi connectivity index (χ0) is 24.2. The van der Waals surface area contributed by atoms with Crippen molar-refractivity contribution in [2.24, 2.45) is 0 Å². The molecule has 3 heterocycles. The maximum absolute atomic E-state index is 14.9. The number of anilines is 1. The van der Waals surface area contributed by atoms with E-state index in [1.54, 1.807) is 24.3 Å². The average Bonchev–Trinajstić information content (AvgIpc) is 3.28. The van der Waals surface area contributed by atoms with Gasteiger partial charge in [0.1, 0.15) is 24.3 Å². The van der Waals surface area contributed by atoms with E-state index in [0.29, 0.717) is 29.5 Å². The number of ether oxygens (including phenoxy) is 3. The Kier molecular flexibility index (Phi) is 6.84. The fraction of sp³-hybridized carbons (Fsp3) is 0.167. The smallest absolute Gasteiger partial charge is 0.296 e. The summed E-state index contributed by atoms with van der Waals surface area (Å²) in [6.07, 6.45) is 2.72. The molecule has 1 N–H and O–H groups in total. The number of nitrogens with zero attached hydrogens (tertiary/aromatic N) is 3. The summed E-state index contributed by atoms with van der Waals surface area (Å²) in [4.78, 5) is 17.2. The third kappa shape index (κ3) is 5.40. The zero-order valence-electron chi connectivity index (χ0n) is 18.1. The lowest BCUT2D eigenvalue weighted by Crippen LogP contribution is -2.38. The number of hydrogen-bond donors (Lipinski definition) is 1. The minimum atomic E-state index is -0.529. The second kappa shape index (κ2) is 10.3. The van der Waals surface area contributed by atoms with E-state index < -0.39 is 11.7 Å². The highest BCUT2D eigenvalue weighted by atomic mass is 35.5. The van der Waals surface area contributed by atoms with Gasteiger partial charge in [0.2, 0.25) is 5.13 Å². The largest absolute Gasteiger partial charge is 0.485 e. The molecule has 2 aromatic heterocycles. The molecule has 0 radical (unpaired) electrons. The predicted octanol–water partition coefficient (Wildman–Crippen LogP) is 5.00. The van der Waals surface area contributed by atoms with Crippen LogP contribution in [0.2, 0.25) is 5.02 Å². The normalized spacial score (nSPS) is 13.2. The molecule has 1 saturated heterocycles. The van der Waals surface area contributed by atoms with E-state index in [1.807, 2.05) is 12.1 Å². The summed E-state index contributed by atoms with van der Waals surface area (Å²) in [5, 5.41) is 11.8. The fourth-order valence-electron chi connectivity index (χ4n) is 3.33. The van der Waals surface area contributed by atoms with Gasteiger partial charge in [-0.1, -0.05) is 34.9 Å². The van der Waals surface area contributed by atoms with Gasteiger partial charge < -0.3 is 14.2 Å². The lowest BCUT2D eigenvalue weighted by atomic mass is 10.00. The first-order valence-electron chi connectivity index (χ1n) is 10.6. The van der Waals surface area contributed by atoms with Gasteiger partial charge in [0.05, 0.1) is 24.3 Å². The maximum atomic E-state index is 14.9. The molecule has 11 heteroatoms. The van der Waals surface area contributed by atoms with Crippen molar-refractivity contribution in [1.29, 1.82) is 0 Å². The molecule has 1 aliphatic heterocycles. The first kappa shape index (κ1) is 23.2. The SMILES string of the molecule is O=C(Nc1nnc(OCc2ccc(Cl)cc2)s1)c1ccncc1-c1c(F)cccc1OC1COC1. The average molecular weight is 513 g/mol. The van der Waals surface area contributed by atoms with Gasteiger partial charge in [0.15, 0.2) is 0 Å². The van der Waals surface area contributed by atoms with Crippen LogP contribution in [0.4, 0.5) is 9.52 Å². The van der Waals surface area contributed by atoms with Crippen LogP contribution in [0, 0.1) is 5.82 Å².